The Balaban J connectivity index is 2.28. The van der Waals surface area contributed by atoms with Crippen molar-refractivity contribution in [3.05, 3.63) is 34.4 Å². The Kier molecular flexibility index (Phi) is 5.98. The third-order valence-corrected chi connectivity index (χ3v) is 4.50. The number of hydrogen-bond donors (Lipinski definition) is 0. The fourth-order valence-electron chi connectivity index (χ4n) is 2.94. The molecule has 0 atom stereocenters. The van der Waals surface area contributed by atoms with Gasteiger partial charge in [0.25, 0.3) is 5.91 Å². The second-order valence-electron chi connectivity index (χ2n) is 6.63. The number of nitrogens with zero attached hydrogens (tertiary/aromatic N) is 2. The molecular formula is C17H23ClF2N2O. The summed E-state index contributed by atoms with van der Waals surface area (Å²) in [5, 5.41) is -0.0458. The van der Waals surface area contributed by atoms with Crippen LogP contribution in [0.5, 0.6) is 0 Å². The standard InChI is InChI=1S/C17H23ClF2N2O/c1-11(2)10-22(12-4-6-21(3)7-5-12)17(23)13-8-15(19)16(20)9-14(13)18/h8-9,11-12H,4-7,10H2,1-3H3. The highest BCUT2D eigenvalue weighted by Gasteiger charge is 2.29. The molecule has 1 aliphatic rings. The van der Waals surface area contributed by atoms with E-state index in [4.69, 9.17) is 11.6 Å². The summed E-state index contributed by atoms with van der Waals surface area (Å²) in [7, 11) is 2.05. The Morgan fingerprint density at radius 1 is 1.30 bits per heavy atom. The molecule has 0 aromatic heterocycles. The van der Waals surface area contributed by atoms with Gasteiger partial charge < -0.3 is 9.80 Å². The number of carbonyl (C=O) groups is 1. The lowest BCUT2D eigenvalue weighted by atomic mass is 10.0. The molecule has 1 aliphatic heterocycles. The van der Waals surface area contributed by atoms with Crippen LogP contribution in [-0.2, 0) is 0 Å². The van der Waals surface area contributed by atoms with Gasteiger partial charge in [-0.15, -0.1) is 0 Å². The zero-order valence-electron chi connectivity index (χ0n) is 13.8. The van der Waals surface area contributed by atoms with Gasteiger partial charge in [-0.2, -0.15) is 0 Å². The quantitative estimate of drug-likeness (QED) is 0.775. The first-order chi connectivity index (χ1) is 10.8. The van der Waals surface area contributed by atoms with E-state index >= 15 is 0 Å². The number of carbonyl (C=O) groups excluding carboxylic acids is 1. The molecule has 23 heavy (non-hydrogen) atoms. The van der Waals surface area contributed by atoms with Crippen molar-refractivity contribution in [2.24, 2.45) is 5.92 Å². The maximum absolute atomic E-state index is 13.5. The smallest absolute Gasteiger partial charge is 0.255 e. The van der Waals surface area contributed by atoms with Crippen LogP contribution in [0.15, 0.2) is 12.1 Å². The van der Waals surface area contributed by atoms with Crippen LogP contribution in [0.3, 0.4) is 0 Å². The topological polar surface area (TPSA) is 23.6 Å². The van der Waals surface area contributed by atoms with Gasteiger partial charge in [0.1, 0.15) is 0 Å². The molecular weight excluding hydrogens is 322 g/mol. The molecule has 0 N–H and O–H groups in total. The van der Waals surface area contributed by atoms with Gasteiger partial charge in [-0.05, 0) is 51.0 Å². The molecule has 128 valence electrons. The monoisotopic (exact) mass is 344 g/mol. The predicted molar refractivity (Wildman–Crippen MR) is 87.8 cm³/mol. The lowest BCUT2D eigenvalue weighted by Gasteiger charge is -2.38. The Labute approximate surface area is 141 Å². The van der Waals surface area contributed by atoms with Crippen molar-refractivity contribution in [2.75, 3.05) is 26.7 Å². The van der Waals surface area contributed by atoms with E-state index in [9.17, 15) is 13.6 Å². The molecule has 0 spiro atoms. The largest absolute Gasteiger partial charge is 0.335 e. The first-order valence-corrected chi connectivity index (χ1v) is 8.31. The van der Waals surface area contributed by atoms with Crippen molar-refractivity contribution in [2.45, 2.75) is 32.7 Å². The summed E-state index contributed by atoms with van der Waals surface area (Å²) >= 11 is 5.98. The Bertz CT molecular complexity index is 572. The molecule has 0 bridgehead atoms. The van der Waals surface area contributed by atoms with Gasteiger partial charge >= 0.3 is 0 Å². The molecule has 1 amide bonds. The van der Waals surface area contributed by atoms with Crippen LogP contribution < -0.4 is 0 Å². The maximum Gasteiger partial charge on any atom is 0.255 e. The number of rotatable bonds is 4. The molecule has 3 nitrogen and oxygen atoms in total. The van der Waals surface area contributed by atoms with Gasteiger partial charge in [-0.1, -0.05) is 25.4 Å². The van der Waals surface area contributed by atoms with E-state index in [-0.39, 0.29) is 28.5 Å². The SMILES string of the molecule is CC(C)CN(C(=O)c1cc(F)c(F)cc1Cl)C1CCN(C)CC1. The van der Waals surface area contributed by atoms with Crippen molar-refractivity contribution in [1.29, 1.82) is 0 Å². The highest BCUT2D eigenvalue weighted by Crippen LogP contribution is 2.25. The normalized spacial score (nSPS) is 16.8. The molecule has 6 heteroatoms. The molecule has 1 heterocycles. The fraction of sp³-hybridized carbons (Fsp3) is 0.588. The fourth-order valence-corrected chi connectivity index (χ4v) is 3.17. The average Bonchev–Trinajstić information content (AvgIpc) is 2.49. The second-order valence-corrected chi connectivity index (χ2v) is 7.04. The van der Waals surface area contributed by atoms with Crippen LogP contribution >= 0.6 is 11.6 Å². The van der Waals surface area contributed by atoms with E-state index in [0.717, 1.165) is 38.1 Å². The maximum atomic E-state index is 13.5. The molecule has 1 aromatic carbocycles. The summed E-state index contributed by atoms with van der Waals surface area (Å²) in [5.41, 5.74) is 0.0325. The van der Waals surface area contributed by atoms with Crippen molar-refractivity contribution < 1.29 is 13.6 Å². The number of piperidine rings is 1. The highest BCUT2D eigenvalue weighted by molar-refractivity contribution is 6.33. The van der Waals surface area contributed by atoms with Gasteiger partial charge in [0.05, 0.1) is 10.6 Å². The molecule has 1 aromatic rings. The van der Waals surface area contributed by atoms with E-state index < -0.39 is 11.6 Å². The Morgan fingerprint density at radius 2 is 1.87 bits per heavy atom. The van der Waals surface area contributed by atoms with Crippen molar-refractivity contribution in [3.63, 3.8) is 0 Å². The van der Waals surface area contributed by atoms with E-state index in [1.165, 1.54) is 0 Å². The first kappa shape index (κ1) is 18.1. The third-order valence-electron chi connectivity index (χ3n) is 4.19. The number of halogens is 3. The van der Waals surface area contributed by atoms with Crippen molar-refractivity contribution in [3.8, 4) is 0 Å². The number of hydrogen-bond acceptors (Lipinski definition) is 2. The predicted octanol–water partition coefficient (Wildman–Crippen LogP) is 3.81. The third kappa shape index (κ3) is 4.42. The van der Waals surface area contributed by atoms with Crippen LogP contribution in [0.25, 0.3) is 0 Å². The summed E-state index contributed by atoms with van der Waals surface area (Å²) < 4.78 is 26.8. The second kappa shape index (κ2) is 7.58. The first-order valence-electron chi connectivity index (χ1n) is 7.93. The van der Waals surface area contributed by atoms with Gasteiger partial charge in [0.15, 0.2) is 11.6 Å². The number of likely N-dealkylation sites (tertiary alicyclic amines) is 1. The van der Waals surface area contributed by atoms with E-state index in [1.807, 2.05) is 13.8 Å². The van der Waals surface area contributed by atoms with E-state index in [0.29, 0.717) is 6.54 Å². The van der Waals surface area contributed by atoms with E-state index in [2.05, 4.69) is 11.9 Å². The van der Waals surface area contributed by atoms with E-state index in [1.54, 1.807) is 4.90 Å². The van der Waals surface area contributed by atoms with Crippen LogP contribution in [-0.4, -0.2) is 48.4 Å². The van der Waals surface area contributed by atoms with Crippen LogP contribution in [0.1, 0.15) is 37.0 Å². The van der Waals surface area contributed by atoms with Gasteiger partial charge in [0, 0.05) is 12.6 Å². The zero-order chi connectivity index (χ0) is 17.1. The zero-order valence-corrected chi connectivity index (χ0v) is 14.5. The summed E-state index contributed by atoms with van der Waals surface area (Å²) in [6.45, 7) is 6.46. The number of benzene rings is 1. The minimum absolute atomic E-state index is 0.0325. The van der Waals surface area contributed by atoms with Crippen molar-refractivity contribution >= 4 is 17.5 Å². The van der Waals surface area contributed by atoms with Gasteiger partial charge in [0.2, 0.25) is 0 Å². The van der Waals surface area contributed by atoms with Gasteiger partial charge in [-0.25, -0.2) is 8.78 Å². The summed E-state index contributed by atoms with van der Waals surface area (Å²) in [5.74, 6) is -2.13. The summed E-state index contributed by atoms with van der Waals surface area (Å²) in [6, 6.07) is 1.87. The molecule has 2 rings (SSSR count). The molecule has 1 fully saturated rings. The average molecular weight is 345 g/mol. The minimum Gasteiger partial charge on any atom is -0.335 e. The molecule has 0 unspecified atom stereocenters. The lowest BCUT2D eigenvalue weighted by Crippen LogP contribution is -2.48. The molecule has 0 radical (unpaired) electrons. The Hall–Kier alpha value is -1.20. The summed E-state index contributed by atoms with van der Waals surface area (Å²) in [4.78, 5) is 16.9. The Morgan fingerprint density at radius 3 is 2.43 bits per heavy atom. The van der Waals surface area contributed by atoms with Gasteiger partial charge in [-0.3, -0.25) is 4.79 Å². The van der Waals surface area contributed by atoms with Crippen LogP contribution in [0, 0.1) is 17.6 Å². The molecule has 0 aliphatic carbocycles. The highest BCUT2D eigenvalue weighted by atomic mass is 35.5. The van der Waals surface area contributed by atoms with Crippen molar-refractivity contribution in [1.82, 2.24) is 9.80 Å². The lowest BCUT2D eigenvalue weighted by molar-refractivity contribution is 0.0559. The molecule has 1 saturated heterocycles. The molecule has 0 saturated carbocycles. The van der Waals surface area contributed by atoms with Crippen LogP contribution in [0.4, 0.5) is 8.78 Å². The minimum atomic E-state index is -1.05. The number of amides is 1. The van der Waals surface area contributed by atoms with Crippen LogP contribution in [0.2, 0.25) is 5.02 Å². The summed E-state index contributed by atoms with van der Waals surface area (Å²) in [6.07, 6.45) is 1.74.